The predicted octanol–water partition coefficient (Wildman–Crippen LogP) is 4.02. The lowest BCUT2D eigenvalue weighted by atomic mass is 10.0. The molecule has 3 amide bonds. The fourth-order valence-electron chi connectivity index (χ4n) is 4.31. The number of ether oxygens (including phenoxy) is 2. The maximum absolute atomic E-state index is 13.1. The van der Waals surface area contributed by atoms with Crippen LogP contribution in [0.15, 0.2) is 66.7 Å². The molecule has 5 rings (SSSR count). The first-order valence-electron chi connectivity index (χ1n) is 11.3. The molecule has 0 radical (unpaired) electrons. The summed E-state index contributed by atoms with van der Waals surface area (Å²) >= 11 is 0. The Morgan fingerprint density at radius 2 is 1.83 bits per heavy atom. The van der Waals surface area contributed by atoms with Crippen molar-refractivity contribution in [1.29, 1.82) is 0 Å². The molecule has 3 aromatic rings. The zero-order valence-corrected chi connectivity index (χ0v) is 19.5. The quantitative estimate of drug-likeness (QED) is 0.586. The summed E-state index contributed by atoms with van der Waals surface area (Å²) in [5.74, 6) is 0.338. The topological polar surface area (TPSA) is 97.0 Å². The third-order valence-corrected chi connectivity index (χ3v) is 5.85. The Morgan fingerprint density at radius 3 is 2.63 bits per heavy atom. The van der Waals surface area contributed by atoms with Gasteiger partial charge >= 0.3 is 0 Å². The van der Waals surface area contributed by atoms with E-state index in [-0.39, 0.29) is 36.5 Å². The number of fused-ring (bicyclic) bond motifs is 2. The summed E-state index contributed by atoms with van der Waals surface area (Å²) in [7, 11) is 0. The Hall–Kier alpha value is -4.33. The second-order valence-electron chi connectivity index (χ2n) is 9.15. The molecule has 0 saturated heterocycles. The summed E-state index contributed by atoms with van der Waals surface area (Å²) in [6, 6.07) is 19.3. The van der Waals surface area contributed by atoms with Crippen molar-refractivity contribution in [1.82, 2.24) is 0 Å². The summed E-state index contributed by atoms with van der Waals surface area (Å²) in [5.41, 5.74) is 2.93. The number of nitrogens with one attached hydrogen (secondary N) is 2. The summed E-state index contributed by atoms with van der Waals surface area (Å²) in [4.78, 5) is 39.0. The average Bonchev–Trinajstić information content (AvgIpc) is 3.16. The Morgan fingerprint density at radius 1 is 1.06 bits per heavy atom. The lowest BCUT2D eigenvalue weighted by molar-refractivity contribution is -0.118. The van der Waals surface area contributed by atoms with E-state index in [0.717, 1.165) is 12.0 Å². The van der Waals surface area contributed by atoms with Crippen LogP contribution >= 0.6 is 0 Å². The van der Waals surface area contributed by atoms with Crippen LogP contribution in [0.25, 0.3) is 0 Å². The molecule has 2 heterocycles. The summed E-state index contributed by atoms with van der Waals surface area (Å²) in [5, 5.41) is 5.54. The highest BCUT2D eigenvalue weighted by molar-refractivity contribution is 6.15. The van der Waals surface area contributed by atoms with Gasteiger partial charge in [0.15, 0.2) is 18.1 Å². The molecule has 0 bridgehead atoms. The number of amides is 3. The van der Waals surface area contributed by atoms with E-state index in [1.807, 2.05) is 32.0 Å². The van der Waals surface area contributed by atoms with Gasteiger partial charge in [0.05, 0.1) is 11.4 Å². The highest BCUT2D eigenvalue weighted by Crippen LogP contribution is 2.41. The molecule has 2 N–H and O–H groups in total. The molecule has 178 valence electrons. The summed E-state index contributed by atoms with van der Waals surface area (Å²) in [6.07, 6.45) is 0.782. The largest absolute Gasteiger partial charge is 0.483 e. The average molecular weight is 472 g/mol. The molecule has 0 spiro atoms. The van der Waals surface area contributed by atoms with Gasteiger partial charge < -0.3 is 20.1 Å². The molecule has 0 unspecified atom stereocenters. The number of benzene rings is 3. The van der Waals surface area contributed by atoms with E-state index in [1.54, 1.807) is 48.5 Å². The van der Waals surface area contributed by atoms with Crippen molar-refractivity contribution in [3.63, 3.8) is 0 Å². The maximum Gasteiger partial charge on any atom is 0.262 e. The van der Waals surface area contributed by atoms with Gasteiger partial charge in [0.1, 0.15) is 12.1 Å². The van der Waals surface area contributed by atoms with E-state index in [1.165, 1.54) is 4.90 Å². The van der Waals surface area contributed by atoms with Gasteiger partial charge in [0.2, 0.25) is 5.91 Å². The van der Waals surface area contributed by atoms with Crippen LogP contribution in [0, 0.1) is 0 Å². The molecule has 3 aromatic carbocycles. The smallest absolute Gasteiger partial charge is 0.262 e. The van der Waals surface area contributed by atoms with Crippen molar-refractivity contribution < 1.29 is 23.9 Å². The standard InChI is InChI=1S/C27H25N3O5/c1-27(2)14-18-6-5-9-22(25(18)35-27)34-16-24(32)28-19-12-10-17(11-13-19)26(33)30-15-23(31)29-20-7-3-4-8-21(20)30/h3-13H,14-16H2,1-2H3,(H,28,32)(H,29,31). The Labute approximate surface area is 202 Å². The van der Waals surface area contributed by atoms with Gasteiger partial charge in [-0.15, -0.1) is 0 Å². The number of hydrogen-bond donors (Lipinski definition) is 2. The van der Waals surface area contributed by atoms with Gasteiger partial charge in [-0.1, -0.05) is 24.3 Å². The van der Waals surface area contributed by atoms with Gasteiger partial charge in [-0.2, -0.15) is 0 Å². The van der Waals surface area contributed by atoms with Crippen LogP contribution in [-0.4, -0.2) is 36.5 Å². The van der Waals surface area contributed by atoms with Crippen LogP contribution in [0.4, 0.5) is 17.1 Å². The van der Waals surface area contributed by atoms with Crippen LogP contribution in [0.2, 0.25) is 0 Å². The van der Waals surface area contributed by atoms with Gasteiger partial charge in [-0.25, -0.2) is 0 Å². The number of rotatable bonds is 5. The molecule has 0 fully saturated rings. The van der Waals surface area contributed by atoms with E-state index < -0.39 is 0 Å². The van der Waals surface area contributed by atoms with Crippen molar-refractivity contribution in [3.8, 4) is 11.5 Å². The minimum absolute atomic E-state index is 0.0598. The highest BCUT2D eigenvalue weighted by Gasteiger charge is 2.32. The summed E-state index contributed by atoms with van der Waals surface area (Å²) in [6.45, 7) is 3.78. The molecular formula is C27H25N3O5. The monoisotopic (exact) mass is 471 g/mol. The van der Waals surface area contributed by atoms with Gasteiger partial charge in [0.25, 0.3) is 11.8 Å². The van der Waals surface area contributed by atoms with Crippen LogP contribution in [0.3, 0.4) is 0 Å². The third kappa shape index (κ3) is 4.68. The fourth-order valence-corrected chi connectivity index (χ4v) is 4.31. The number of para-hydroxylation sites is 3. The minimum atomic E-state index is -0.333. The van der Waals surface area contributed by atoms with E-state index in [0.29, 0.717) is 34.1 Å². The molecular weight excluding hydrogens is 446 g/mol. The third-order valence-electron chi connectivity index (χ3n) is 5.85. The second-order valence-corrected chi connectivity index (χ2v) is 9.15. The number of carbonyl (C=O) groups excluding carboxylic acids is 3. The molecule has 0 saturated carbocycles. The first-order chi connectivity index (χ1) is 16.8. The van der Waals surface area contributed by atoms with Gasteiger partial charge in [0, 0.05) is 23.2 Å². The molecule has 2 aliphatic rings. The molecule has 8 nitrogen and oxygen atoms in total. The summed E-state index contributed by atoms with van der Waals surface area (Å²) < 4.78 is 11.7. The fraction of sp³-hybridized carbons (Fsp3) is 0.222. The van der Waals surface area contributed by atoms with Crippen LogP contribution in [0.5, 0.6) is 11.5 Å². The first kappa shape index (κ1) is 22.5. The second kappa shape index (κ2) is 8.79. The molecule has 0 atom stereocenters. The van der Waals surface area contributed by atoms with E-state index in [2.05, 4.69) is 10.6 Å². The minimum Gasteiger partial charge on any atom is -0.483 e. The SMILES string of the molecule is CC1(C)Cc2cccc(OCC(=O)Nc3ccc(C(=O)N4CC(=O)Nc5ccccc54)cc3)c2O1. The van der Waals surface area contributed by atoms with Crippen molar-refractivity contribution in [3.05, 3.63) is 77.9 Å². The van der Waals surface area contributed by atoms with E-state index in [4.69, 9.17) is 9.47 Å². The Balaban J connectivity index is 1.21. The molecule has 8 heteroatoms. The zero-order chi connectivity index (χ0) is 24.6. The van der Waals surface area contributed by atoms with Crippen LogP contribution in [0.1, 0.15) is 29.8 Å². The maximum atomic E-state index is 13.1. The molecule has 0 aromatic heterocycles. The molecule has 35 heavy (non-hydrogen) atoms. The number of carbonyl (C=O) groups is 3. The van der Waals surface area contributed by atoms with Crippen molar-refractivity contribution in [2.45, 2.75) is 25.9 Å². The first-order valence-corrected chi connectivity index (χ1v) is 11.3. The highest BCUT2D eigenvalue weighted by atomic mass is 16.5. The number of hydrogen-bond acceptors (Lipinski definition) is 5. The lowest BCUT2D eigenvalue weighted by Crippen LogP contribution is -2.42. The normalized spacial score (nSPS) is 15.4. The van der Waals surface area contributed by atoms with Gasteiger partial charge in [-0.3, -0.25) is 19.3 Å². The van der Waals surface area contributed by atoms with Crippen molar-refractivity contribution >= 4 is 34.8 Å². The molecule has 2 aliphatic heterocycles. The van der Waals surface area contributed by atoms with Crippen LogP contribution in [-0.2, 0) is 16.0 Å². The van der Waals surface area contributed by atoms with Gasteiger partial charge in [-0.05, 0) is 56.3 Å². The van der Waals surface area contributed by atoms with Crippen LogP contribution < -0.4 is 25.0 Å². The Bertz CT molecular complexity index is 1320. The number of anilines is 3. The number of nitrogens with zero attached hydrogens (tertiary/aromatic N) is 1. The lowest BCUT2D eigenvalue weighted by Gasteiger charge is -2.29. The Kier molecular flexibility index (Phi) is 5.64. The van der Waals surface area contributed by atoms with E-state index in [9.17, 15) is 14.4 Å². The molecule has 0 aliphatic carbocycles. The van der Waals surface area contributed by atoms with Crippen molar-refractivity contribution in [2.75, 3.05) is 28.7 Å². The predicted molar refractivity (Wildman–Crippen MR) is 132 cm³/mol. The van der Waals surface area contributed by atoms with Crippen molar-refractivity contribution in [2.24, 2.45) is 0 Å². The zero-order valence-electron chi connectivity index (χ0n) is 19.5. The van der Waals surface area contributed by atoms with E-state index >= 15 is 0 Å².